The van der Waals surface area contributed by atoms with Gasteiger partial charge in [0.05, 0.1) is 18.5 Å². The van der Waals surface area contributed by atoms with Crippen LogP contribution in [0.15, 0.2) is 12.1 Å². The molecule has 0 atom stereocenters. The molecule has 1 amide bonds. The van der Waals surface area contributed by atoms with Crippen LogP contribution in [0, 0.1) is 13.8 Å². The molecule has 2 nitrogen and oxygen atoms in total. The van der Waals surface area contributed by atoms with E-state index in [1.807, 2.05) is 26.0 Å². The predicted octanol–water partition coefficient (Wildman–Crippen LogP) is 5.90. The summed E-state index contributed by atoms with van der Waals surface area (Å²) in [6.07, 6.45) is 6.83. The quantitative estimate of drug-likeness (QED) is 0.633. The number of nitrogens with one attached hydrogen (secondary N) is 1. The first kappa shape index (κ1) is 18.7. The summed E-state index contributed by atoms with van der Waals surface area (Å²) >= 11 is 6.12. The Morgan fingerprint density at radius 2 is 1.61 bits per heavy atom. The molecular formula is C19H30ClNOP+. The number of carbonyl (C=O) groups excluding carboxylic acids is 1. The van der Waals surface area contributed by atoms with E-state index in [1.165, 1.54) is 24.9 Å². The second kappa shape index (κ2) is 7.11. The van der Waals surface area contributed by atoms with Crippen LogP contribution in [-0.2, 0) is 4.79 Å². The van der Waals surface area contributed by atoms with Crippen LogP contribution in [0.25, 0.3) is 0 Å². The van der Waals surface area contributed by atoms with Gasteiger partial charge in [-0.1, -0.05) is 11.6 Å². The van der Waals surface area contributed by atoms with Crippen molar-refractivity contribution in [3.63, 3.8) is 0 Å². The number of amides is 1. The molecule has 1 fully saturated rings. The lowest BCUT2D eigenvalue weighted by atomic mass is 9.83. The molecule has 128 valence electrons. The summed E-state index contributed by atoms with van der Waals surface area (Å²) in [5.74, 6) is 0.260. The van der Waals surface area contributed by atoms with E-state index in [0.29, 0.717) is 0 Å². The minimum absolute atomic E-state index is 0.0935. The number of anilines is 1. The fraction of sp³-hybridized carbons (Fsp3) is 0.632. The molecule has 0 bridgehead atoms. The van der Waals surface area contributed by atoms with Crippen LogP contribution >= 0.6 is 18.9 Å². The summed E-state index contributed by atoms with van der Waals surface area (Å²) < 4.78 is 0. The van der Waals surface area contributed by atoms with Crippen molar-refractivity contribution in [1.29, 1.82) is 0 Å². The summed E-state index contributed by atoms with van der Waals surface area (Å²) in [7, 11) is -1.25. The predicted molar refractivity (Wildman–Crippen MR) is 105 cm³/mol. The van der Waals surface area contributed by atoms with Crippen LogP contribution in [0.4, 0.5) is 5.69 Å². The molecule has 0 heterocycles. The molecule has 0 aromatic heterocycles. The van der Waals surface area contributed by atoms with Crippen LogP contribution < -0.4 is 5.32 Å². The number of hydrogen-bond donors (Lipinski definition) is 1. The molecule has 1 aliphatic carbocycles. The highest BCUT2D eigenvalue weighted by molar-refractivity contribution is 7.78. The smallest absolute Gasteiger partial charge is 0.268 e. The van der Waals surface area contributed by atoms with Crippen LogP contribution in [-0.4, -0.2) is 29.5 Å². The Morgan fingerprint density at radius 1 is 1.13 bits per heavy atom. The van der Waals surface area contributed by atoms with Crippen molar-refractivity contribution in [2.75, 3.05) is 23.8 Å². The van der Waals surface area contributed by atoms with Crippen molar-refractivity contribution in [2.24, 2.45) is 0 Å². The first-order valence-corrected chi connectivity index (χ1v) is 11.5. The van der Waals surface area contributed by atoms with Gasteiger partial charge < -0.3 is 5.32 Å². The number of benzene rings is 1. The Balaban J connectivity index is 2.35. The Labute approximate surface area is 146 Å². The normalized spacial score (nSPS) is 16.8. The van der Waals surface area contributed by atoms with Gasteiger partial charge in [-0.2, -0.15) is 0 Å². The lowest BCUT2D eigenvalue weighted by molar-refractivity contribution is -0.120. The molecule has 1 N–H and O–H groups in total. The van der Waals surface area contributed by atoms with Gasteiger partial charge in [-0.3, -0.25) is 4.79 Å². The second-order valence-corrected chi connectivity index (χ2v) is 12.3. The molecule has 0 unspecified atom stereocenters. The van der Waals surface area contributed by atoms with E-state index in [-0.39, 0.29) is 11.1 Å². The van der Waals surface area contributed by atoms with Crippen LogP contribution in [0.5, 0.6) is 0 Å². The zero-order valence-electron chi connectivity index (χ0n) is 15.1. The molecule has 0 radical (unpaired) electrons. The van der Waals surface area contributed by atoms with Gasteiger partial charge in [0, 0.05) is 18.0 Å². The first-order valence-electron chi connectivity index (χ1n) is 8.80. The maximum absolute atomic E-state index is 13.3. The lowest BCUT2D eigenvalue weighted by Gasteiger charge is -2.48. The SMILES string of the molecule is CC[P+](CC)(CC)C1(C(=O)Nc2c(C)cc(Cl)cc2C)CCC1. The van der Waals surface area contributed by atoms with Crippen molar-refractivity contribution < 1.29 is 4.79 Å². The number of rotatable bonds is 6. The van der Waals surface area contributed by atoms with Crippen molar-refractivity contribution >= 4 is 30.5 Å². The van der Waals surface area contributed by atoms with Crippen LogP contribution in [0.1, 0.15) is 51.2 Å². The summed E-state index contributed by atoms with van der Waals surface area (Å²) in [5, 5.41) is 3.92. The summed E-state index contributed by atoms with van der Waals surface area (Å²) in [4.78, 5) is 13.3. The summed E-state index contributed by atoms with van der Waals surface area (Å²) in [6.45, 7) is 10.9. The molecule has 4 heteroatoms. The monoisotopic (exact) mass is 354 g/mol. The third-order valence-corrected chi connectivity index (χ3v) is 12.4. The third-order valence-electron chi connectivity index (χ3n) is 6.06. The summed E-state index contributed by atoms with van der Waals surface area (Å²) in [6, 6.07) is 3.86. The van der Waals surface area contributed by atoms with Gasteiger partial charge in [0.2, 0.25) is 0 Å². The van der Waals surface area contributed by atoms with Crippen molar-refractivity contribution in [1.82, 2.24) is 0 Å². The van der Waals surface area contributed by atoms with E-state index >= 15 is 0 Å². The van der Waals surface area contributed by atoms with Crippen molar-refractivity contribution in [2.45, 2.75) is 59.0 Å². The van der Waals surface area contributed by atoms with E-state index in [1.54, 1.807) is 0 Å². The van der Waals surface area contributed by atoms with E-state index in [4.69, 9.17) is 11.6 Å². The van der Waals surface area contributed by atoms with Crippen molar-refractivity contribution in [3.05, 3.63) is 28.3 Å². The van der Waals surface area contributed by atoms with E-state index in [0.717, 1.165) is 34.7 Å². The largest absolute Gasteiger partial charge is 0.322 e. The molecular weight excluding hydrogens is 325 g/mol. The molecule has 1 aliphatic rings. The number of carbonyl (C=O) groups is 1. The zero-order valence-corrected chi connectivity index (χ0v) is 16.8. The molecule has 1 saturated carbocycles. The highest BCUT2D eigenvalue weighted by Crippen LogP contribution is 2.74. The standard InChI is InChI=1S/C19H29ClNOP/c1-6-23(7-2,8-3)19(10-9-11-19)18(22)21-17-14(4)12-16(20)13-15(17)5/h12-13H,6-11H2,1-5H3/p+1. The van der Waals surface area contributed by atoms with Gasteiger partial charge in [0.15, 0.2) is 5.16 Å². The number of halogens is 1. The molecule has 0 spiro atoms. The highest BCUT2D eigenvalue weighted by Gasteiger charge is 2.63. The Bertz CT molecular complexity index is 560. The van der Waals surface area contributed by atoms with Gasteiger partial charge in [0.1, 0.15) is 0 Å². The molecule has 1 aromatic carbocycles. The summed E-state index contributed by atoms with van der Waals surface area (Å²) in [5.41, 5.74) is 3.05. The fourth-order valence-corrected chi connectivity index (χ4v) is 9.58. The first-order chi connectivity index (χ1) is 10.9. The fourth-order valence-electron chi connectivity index (χ4n) is 4.35. The van der Waals surface area contributed by atoms with Crippen molar-refractivity contribution in [3.8, 4) is 0 Å². The molecule has 2 rings (SSSR count). The zero-order chi connectivity index (χ0) is 17.3. The van der Waals surface area contributed by atoms with E-state index < -0.39 is 7.26 Å². The maximum Gasteiger partial charge on any atom is 0.268 e. The minimum atomic E-state index is -1.25. The van der Waals surface area contributed by atoms with Gasteiger partial charge in [-0.25, -0.2) is 0 Å². The van der Waals surface area contributed by atoms with Crippen LogP contribution in [0.3, 0.4) is 0 Å². The molecule has 0 aliphatic heterocycles. The minimum Gasteiger partial charge on any atom is -0.322 e. The molecule has 1 aromatic rings. The second-order valence-electron chi connectivity index (χ2n) is 6.85. The van der Waals surface area contributed by atoms with Crippen LogP contribution in [0.2, 0.25) is 5.02 Å². The Hall–Kier alpha value is -0.590. The lowest BCUT2D eigenvalue weighted by Crippen LogP contribution is -2.52. The Morgan fingerprint density at radius 3 is 1.96 bits per heavy atom. The number of hydrogen-bond acceptors (Lipinski definition) is 1. The Kier molecular flexibility index (Phi) is 5.80. The van der Waals surface area contributed by atoms with E-state index in [2.05, 4.69) is 26.1 Å². The van der Waals surface area contributed by atoms with E-state index in [9.17, 15) is 4.79 Å². The van der Waals surface area contributed by atoms with Gasteiger partial charge in [-0.15, -0.1) is 0 Å². The topological polar surface area (TPSA) is 29.1 Å². The average molecular weight is 355 g/mol. The molecule has 0 saturated heterocycles. The average Bonchev–Trinajstić information content (AvgIpc) is 2.46. The number of aryl methyl sites for hydroxylation is 2. The van der Waals surface area contributed by atoms with Gasteiger partial charge in [0.25, 0.3) is 5.91 Å². The van der Waals surface area contributed by atoms with Gasteiger partial charge in [-0.05, 0) is 77.1 Å². The third kappa shape index (κ3) is 3.05. The van der Waals surface area contributed by atoms with Gasteiger partial charge >= 0.3 is 0 Å². The highest BCUT2D eigenvalue weighted by atomic mass is 35.5. The maximum atomic E-state index is 13.3. The molecule has 23 heavy (non-hydrogen) atoms.